The summed E-state index contributed by atoms with van der Waals surface area (Å²) in [5, 5.41) is 5.51. The third kappa shape index (κ3) is 7.95. The molecule has 0 saturated carbocycles. The first-order valence-electron chi connectivity index (χ1n) is 12.6. The Bertz CT molecular complexity index is 1030. The van der Waals surface area contributed by atoms with Gasteiger partial charge in [0.1, 0.15) is 19.0 Å². The summed E-state index contributed by atoms with van der Waals surface area (Å²) in [6.07, 6.45) is 3.61. The number of piperidine rings is 1. The van der Waals surface area contributed by atoms with Crippen LogP contribution in [0.5, 0.6) is 0 Å². The van der Waals surface area contributed by atoms with Crippen LogP contribution in [0.25, 0.3) is 0 Å². The summed E-state index contributed by atoms with van der Waals surface area (Å²) in [5.41, 5.74) is 2.23. The van der Waals surface area contributed by atoms with Crippen molar-refractivity contribution < 1.29 is 27.6 Å². The number of likely N-dealkylation sites (tertiary alicyclic amines) is 1. The molecule has 1 fully saturated rings. The molecule has 0 unspecified atom stereocenters. The van der Waals surface area contributed by atoms with Gasteiger partial charge in [-0.25, -0.2) is 13.6 Å². The van der Waals surface area contributed by atoms with Gasteiger partial charge in [-0.3, -0.25) is 9.59 Å². The van der Waals surface area contributed by atoms with Crippen LogP contribution in [-0.4, -0.2) is 61.5 Å². The number of hydrogen-bond acceptors (Lipinski definition) is 3. The molecule has 0 spiro atoms. The van der Waals surface area contributed by atoms with Crippen molar-refractivity contribution in [2.45, 2.75) is 39.5 Å². The Morgan fingerprint density at radius 1 is 0.944 bits per heavy atom. The number of ketones is 2. The smallest absolute Gasteiger partial charge is 0.319 e. The van der Waals surface area contributed by atoms with E-state index in [1.54, 1.807) is 12.1 Å². The van der Waals surface area contributed by atoms with E-state index in [-0.39, 0.29) is 24.1 Å². The van der Waals surface area contributed by atoms with E-state index in [0.29, 0.717) is 46.7 Å². The fourth-order valence-electron chi connectivity index (χ4n) is 4.96. The van der Waals surface area contributed by atoms with Crippen LogP contribution < -0.4 is 10.6 Å². The van der Waals surface area contributed by atoms with Crippen molar-refractivity contribution in [2.75, 3.05) is 44.7 Å². The van der Waals surface area contributed by atoms with Gasteiger partial charge < -0.3 is 15.1 Å². The minimum atomic E-state index is -0.416. The largest absolute Gasteiger partial charge is 0.338 e. The summed E-state index contributed by atoms with van der Waals surface area (Å²) in [5.74, 6) is -0.0978. The molecular weight excluding hydrogens is 464 g/mol. The van der Waals surface area contributed by atoms with E-state index < -0.39 is 6.03 Å². The van der Waals surface area contributed by atoms with Gasteiger partial charge in [-0.05, 0) is 74.9 Å². The average Bonchev–Trinajstić information content (AvgIpc) is 2.84. The van der Waals surface area contributed by atoms with Crippen LogP contribution in [0.3, 0.4) is 0 Å². The number of quaternary nitrogens is 1. The first-order valence-corrected chi connectivity index (χ1v) is 12.6. The molecule has 194 valence electrons. The summed E-state index contributed by atoms with van der Waals surface area (Å²) in [7, 11) is 0. The number of halogens is 2. The van der Waals surface area contributed by atoms with Crippen molar-refractivity contribution in [3.63, 3.8) is 0 Å². The molecule has 2 aromatic carbocycles. The SMILES string of the molecule is CC(=O)c1cc(NC(=O)NCCC[N+]2(CCF)CCC(Cc3ccc(F)cc3)CC2)cc(C(C)=O)c1. The van der Waals surface area contributed by atoms with Crippen LogP contribution in [-0.2, 0) is 6.42 Å². The van der Waals surface area contributed by atoms with Gasteiger partial charge in [-0.1, -0.05) is 12.1 Å². The molecule has 0 aliphatic carbocycles. The lowest BCUT2D eigenvalue weighted by Gasteiger charge is -2.43. The topological polar surface area (TPSA) is 75.3 Å². The van der Waals surface area contributed by atoms with Gasteiger partial charge in [0, 0.05) is 29.8 Å². The van der Waals surface area contributed by atoms with Crippen LogP contribution in [0, 0.1) is 11.7 Å². The molecule has 8 heteroatoms. The van der Waals surface area contributed by atoms with Gasteiger partial charge in [0.25, 0.3) is 0 Å². The Hall–Kier alpha value is -3.13. The lowest BCUT2D eigenvalue weighted by molar-refractivity contribution is -0.933. The quantitative estimate of drug-likeness (QED) is 0.254. The van der Waals surface area contributed by atoms with Crippen LogP contribution in [0.1, 0.15) is 59.4 Å². The van der Waals surface area contributed by atoms with Crippen LogP contribution >= 0.6 is 0 Å². The maximum absolute atomic E-state index is 13.4. The molecule has 2 amide bonds. The minimum absolute atomic E-state index is 0.190. The fraction of sp³-hybridized carbons (Fsp3) is 0.464. The number of nitrogens with one attached hydrogen (secondary N) is 2. The maximum atomic E-state index is 13.4. The number of alkyl halides is 1. The second-order valence-corrected chi connectivity index (χ2v) is 9.84. The number of amides is 2. The lowest BCUT2D eigenvalue weighted by atomic mass is 9.88. The monoisotopic (exact) mass is 500 g/mol. The van der Waals surface area contributed by atoms with Gasteiger partial charge in [-0.2, -0.15) is 0 Å². The normalized spacial score (nSPS) is 19.5. The molecule has 2 aromatic rings. The standard InChI is InChI=1S/C28H35F2N3O3/c1-20(34)24-17-25(21(2)35)19-27(18-24)32-28(36)31-11-3-12-33(15-10-29)13-8-23(9-14-33)16-22-4-6-26(30)7-5-22/h4-7,17-19,23H,3,8-16H2,1-2H3,(H-,31,32,36)/p+1. The van der Waals surface area contributed by atoms with Gasteiger partial charge in [-0.15, -0.1) is 0 Å². The molecule has 0 aromatic heterocycles. The zero-order chi connectivity index (χ0) is 26.1. The highest BCUT2D eigenvalue weighted by Crippen LogP contribution is 2.27. The van der Waals surface area contributed by atoms with E-state index >= 15 is 0 Å². The number of nitrogens with zero attached hydrogens (tertiary/aromatic N) is 1. The molecule has 1 aliphatic rings. The van der Waals surface area contributed by atoms with Crippen molar-refractivity contribution >= 4 is 23.3 Å². The first-order chi connectivity index (χ1) is 17.2. The van der Waals surface area contributed by atoms with Crippen molar-refractivity contribution in [3.8, 4) is 0 Å². The summed E-state index contributed by atoms with van der Waals surface area (Å²) >= 11 is 0. The molecule has 0 radical (unpaired) electrons. The van der Waals surface area contributed by atoms with E-state index in [9.17, 15) is 23.2 Å². The summed E-state index contributed by atoms with van der Waals surface area (Å²) < 4.78 is 27.3. The Balaban J connectivity index is 1.47. The highest BCUT2D eigenvalue weighted by atomic mass is 19.1. The highest BCUT2D eigenvalue weighted by molar-refractivity contribution is 6.02. The summed E-state index contributed by atoms with van der Waals surface area (Å²) in [6, 6.07) is 10.9. The minimum Gasteiger partial charge on any atom is -0.338 e. The van der Waals surface area contributed by atoms with E-state index in [1.165, 1.54) is 32.0 Å². The first kappa shape index (κ1) is 27.5. The molecule has 0 atom stereocenters. The number of benzene rings is 2. The third-order valence-electron chi connectivity index (χ3n) is 7.12. The molecule has 1 saturated heterocycles. The Labute approximate surface area is 211 Å². The number of rotatable bonds is 11. The number of urea groups is 1. The maximum Gasteiger partial charge on any atom is 0.319 e. The number of carbonyl (C=O) groups excluding carboxylic acids is 3. The van der Waals surface area contributed by atoms with Crippen molar-refractivity contribution in [1.29, 1.82) is 0 Å². The summed E-state index contributed by atoms with van der Waals surface area (Å²) in [4.78, 5) is 35.9. The van der Waals surface area contributed by atoms with Gasteiger partial charge in [0.2, 0.25) is 0 Å². The van der Waals surface area contributed by atoms with Gasteiger partial charge >= 0.3 is 6.03 Å². The number of Topliss-reactive ketones (excluding diaryl/α,β-unsaturated/α-hetero) is 2. The Morgan fingerprint density at radius 3 is 2.11 bits per heavy atom. The van der Waals surface area contributed by atoms with Crippen LogP contribution in [0.2, 0.25) is 0 Å². The predicted octanol–water partition coefficient (Wildman–Crippen LogP) is 5.18. The zero-order valence-corrected chi connectivity index (χ0v) is 21.1. The molecular formula is C28H36F2N3O3+. The van der Waals surface area contributed by atoms with E-state index in [0.717, 1.165) is 44.5 Å². The second kappa shape index (κ2) is 12.7. The van der Waals surface area contributed by atoms with E-state index in [4.69, 9.17) is 0 Å². The molecule has 6 nitrogen and oxygen atoms in total. The zero-order valence-electron chi connectivity index (χ0n) is 21.1. The van der Waals surface area contributed by atoms with Crippen molar-refractivity contribution in [3.05, 3.63) is 65.0 Å². The third-order valence-corrected chi connectivity index (χ3v) is 7.12. The molecule has 2 N–H and O–H groups in total. The van der Waals surface area contributed by atoms with Crippen LogP contribution in [0.4, 0.5) is 19.3 Å². The predicted molar refractivity (Wildman–Crippen MR) is 137 cm³/mol. The second-order valence-electron chi connectivity index (χ2n) is 9.84. The Morgan fingerprint density at radius 2 is 1.56 bits per heavy atom. The summed E-state index contributed by atoms with van der Waals surface area (Å²) in [6.45, 7) is 5.92. The number of carbonyl (C=O) groups is 3. The highest BCUT2D eigenvalue weighted by Gasteiger charge is 2.33. The number of hydrogen-bond donors (Lipinski definition) is 2. The van der Waals surface area contributed by atoms with Gasteiger partial charge in [0.05, 0.1) is 19.6 Å². The van der Waals surface area contributed by atoms with Crippen molar-refractivity contribution in [2.24, 2.45) is 5.92 Å². The molecule has 0 bridgehead atoms. The molecule has 1 heterocycles. The van der Waals surface area contributed by atoms with Crippen LogP contribution in [0.15, 0.2) is 42.5 Å². The van der Waals surface area contributed by atoms with E-state index in [2.05, 4.69) is 10.6 Å². The average molecular weight is 501 g/mol. The van der Waals surface area contributed by atoms with E-state index in [1.807, 2.05) is 12.1 Å². The Kier molecular flexibility index (Phi) is 9.70. The van der Waals surface area contributed by atoms with Crippen molar-refractivity contribution in [1.82, 2.24) is 5.32 Å². The lowest BCUT2D eigenvalue weighted by Crippen LogP contribution is -2.55. The van der Waals surface area contributed by atoms with Gasteiger partial charge in [0.15, 0.2) is 11.6 Å². The molecule has 3 rings (SSSR count). The number of anilines is 1. The fourth-order valence-corrected chi connectivity index (χ4v) is 4.96. The molecule has 36 heavy (non-hydrogen) atoms. The molecule has 1 aliphatic heterocycles.